The number of aliphatic hydroxyl groups excluding tert-OH is 1. The van der Waals surface area contributed by atoms with Crippen molar-refractivity contribution >= 4 is 12.0 Å². The molecule has 18 heavy (non-hydrogen) atoms. The lowest BCUT2D eigenvalue weighted by molar-refractivity contribution is -0.141. The van der Waals surface area contributed by atoms with E-state index in [0.29, 0.717) is 6.54 Å². The molecule has 0 aliphatic heterocycles. The predicted octanol–water partition coefficient (Wildman–Crippen LogP) is 0.310. The lowest BCUT2D eigenvalue weighted by Gasteiger charge is -2.19. The molecule has 2 unspecified atom stereocenters. The molecule has 0 aromatic carbocycles. The highest BCUT2D eigenvalue weighted by molar-refractivity contribution is 5.82. The van der Waals surface area contributed by atoms with E-state index in [-0.39, 0.29) is 5.41 Å². The van der Waals surface area contributed by atoms with Crippen LogP contribution in [0.2, 0.25) is 0 Å². The largest absolute Gasteiger partial charge is 0.480 e. The van der Waals surface area contributed by atoms with Crippen LogP contribution in [0.5, 0.6) is 0 Å². The summed E-state index contributed by atoms with van der Waals surface area (Å²) in [5, 5.41) is 23.1. The average molecular weight is 256 g/mol. The number of rotatable bonds is 6. The highest BCUT2D eigenvalue weighted by atomic mass is 16.4. The Bertz CT molecular complexity index is 348. The molecule has 6 heteroatoms. The van der Waals surface area contributed by atoms with E-state index in [9.17, 15) is 14.7 Å². The van der Waals surface area contributed by atoms with Crippen molar-refractivity contribution in [2.45, 2.75) is 44.8 Å². The molecule has 2 aliphatic carbocycles. The van der Waals surface area contributed by atoms with Crippen LogP contribution >= 0.6 is 0 Å². The van der Waals surface area contributed by atoms with Gasteiger partial charge in [0.1, 0.15) is 0 Å². The van der Waals surface area contributed by atoms with E-state index in [0.717, 1.165) is 18.8 Å². The average Bonchev–Trinajstić information content (AvgIpc) is 3.14. The molecular formula is C12H20N2O4. The lowest BCUT2D eigenvalue weighted by Crippen LogP contribution is -2.52. The molecule has 102 valence electrons. The fourth-order valence-electron chi connectivity index (χ4n) is 2.42. The van der Waals surface area contributed by atoms with E-state index in [1.165, 1.54) is 19.8 Å². The molecule has 6 nitrogen and oxygen atoms in total. The Labute approximate surface area is 106 Å². The van der Waals surface area contributed by atoms with E-state index >= 15 is 0 Å². The van der Waals surface area contributed by atoms with Gasteiger partial charge in [-0.1, -0.05) is 0 Å². The van der Waals surface area contributed by atoms with Gasteiger partial charge in [0, 0.05) is 6.54 Å². The Morgan fingerprint density at radius 3 is 2.39 bits per heavy atom. The number of aliphatic carboxylic acids is 1. The third-order valence-corrected chi connectivity index (χ3v) is 3.97. The zero-order valence-corrected chi connectivity index (χ0v) is 10.5. The topological polar surface area (TPSA) is 98.7 Å². The number of carbonyl (C=O) groups is 2. The fourth-order valence-corrected chi connectivity index (χ4v) is 2.42. The van der Waals surface area contributed by atoms with Crippen LogP contribution in [0.15, 0.2) is 0 Å². The number of carbonyl (C=O) groups excluding carboxylic acids is 1. The quantitative estimate of drug-likeness (QED) is 0.549. The minimum Gasteiger partial charge on any atom is -0.480 e. The van der Waals surface area contributed by atoms with Gasteiger partial charge in [0.2, 0.25) is 0 Å². The maximum absolute atomic E-state index is 11.6. The van der Waals surface area contributed by atoms with Gasteiger partial charge in [-0.3, -0.25) is 0 Å². The molecule has 0 aromatic heterocycles. The minimum atomic E-state index is -1.26. The number of hydrogen-bond donors (Lipinski definition) is 4. The van der Waals surface area contributed by atoms with Gasteiger partial charge in [-0.25, -0.2) is 9.59 Å². The molecule has 2 aliphatic rings. The highest BCUT2D eigenvalue weighted by Crippen LogP contribution is 2.60. The molecular weight excluding hydrogens is 236 g/mol. The Balaban J connectivity index is 1.76. The molecule has 0 heterocycles. The third kappa shape index (κ3) is 2.93. The van der Waals surface area contributed by atoms with Gasteiger partial charge in [-0.15, -0.1) is 0 Å². The number of carboxylic acid groups (broad SMARTS) is 1. The first-order valence-corrected chi connectivity index (χ1v) is 6.40. The van der Waals surface area contributed by atoms with Gasteiger partial charge in [-0.2, -0.15) is 0 Å². The van der Waals surface area contributed by atoms with Gasteiger partial charge in [0.25, 0.3) is 0 Å². The summed E-state index contributed by atoms with van der Waals surface area (Å²) in [6, 6.07) is -1.78. The van der Waals surface area contributed by atoms with Crippen molar-refractivity contribution in [3.8, 4) is 0 Å². The molecule has 0 bridgehead atoms. The van der Waals surface area contributed by atoms with E-state index in [1.807, 2.05) is 0 Å². The summed E-state index contributed by atoms with van der Waals surface area (Å²) < 4.78 is 0. The molecule has 0 aromatic rings. The predicted molar refractivity (Wildman–Crippen MR) is 64.0 cm³/mol. The normalized spacial score (nSPS) is 23.9. The van der Waals surface area contributed by atoms with Crippen molar-refractivity contribution < 1.29 is 19.8 Å². The smallest absolute Gasteiger partial charge is 0.328 e. The summed E-state index contributed by atoms with van der Waals surface area (Å²) in [6.07, 6.45) is 3.67. The zero-order valence-electron chi connectivity index (χ0n) is 10.5. The van der Waals surface area contributed by atoms with Gasteiger partial charge in [0.05, 0.1) is 6.10 Å². The second kappa shape index (κ2) is 4.76. The van der Waals surface area contributed by atoms with Crippen molar-refractivity contribution in [1.82, 2.24) is 10.6 Å². The lowest BCUT2D eigenvalue weighted by atomic mass is 10.0. The van der Waals surface area contributed by atoms with Gasteiger partial charge in [-0.05, 0) is 43.9 Å². The summed E-state index contributed by atoms with van der Waals surface area (Å²) in [6.45, 7) is 1.95. The van der Waals surface area contributed by atoms with Crippen molar-refractivity contribution in [2.24, 2.45) is 11.3 Å². The van der Waals surface area contributed by atoms with Crippen molar-refractivity contribution in [1.29, 1.82) is 0 Å². The standard InChI is InChI=1S/C12H20N2O4/c1-7(15)9(10(16)17)14-11(18)13-6-12(4-5-12)8-2-3-8/h7-9,15H,2-6H2,1H3,(H,16,17)(H2,13,14,18). The Kier molecular flexibility index (Phi) is 3.47. The Hall–Kier alpha value is -1.30. The molecule has 2 fully saturated rings. The van der Waals surface area contributed by atoms with E-state index in [1.54, 1.807) is 0 Å². The summed E-state index contributed by atoms with van der Waals surface area (Å²) in [5.74, 6) is -0.492. The first-order valence-electron chi connectivity index (χ1n) is 6.40. The maximum atomic E-state index is 11.6. The molecule has 0 saturated heterocycles. The first-order chi connectivity index (χ1) is 8.44. The highest BCUT2D eigenvalue weighted by Gasteiger charge is 2.53. The van der Waals surface area contributed by atoms with Crippen molar-refractivity contribution in [3.05, 3.63) is 0 Å². The molecule has 4 N–H and O–H groups in total. The summed E-state index contributed by atoms with van der Waals surface area (Å²) >= 11 is 0. The van der Waals surface area contributed by atoms with Crippen LogP contribution in [0.1, 0.15) is 32.6 Å². The van der Waals surface area contributed by atoms with Crippen molar-refractivity contribution in [3.63, 3.8) is 0 Å². The summed E-state index contributed by atoms with van der Waals surface area (Å²) in [7, 11) is 0. The van der Waals surface area contributed by atoms with E-state index in [2.05, 4.69) is 10.6 Å². The van der Waals surface area contributed by atoms with Gasteiger partial charge < -0.3 is 20.8 Å². The van der Waals surface area contributed by atoms with Crippen LogP contribution in [0.25, 0.3) is 0 Å². The Morgan fingerprint density at radius 1 is 1.39 bits per heavy atom. The monoisotopic (exact) mass is 256 g/mol. The van der Waals surface area contributed by atoms with Gasteiger partial charge in [0.15, 0.2) is 6.04 Å². The molecule has 0 spiro atoms. The molecule has 2 rings (SSSR count). The Morgan fingerprint density at radius 2 is 2.00 bits per heavy atom. The number of urea groups is 1. The zero-order chi connectivity index (χ0) is 13.3. The maximum Gasteiger partial charge on any atom is 0.328 e. The van der Waals surface area contributed by atoms with Crippen LogP contribution in [0.3, 0.4) is 0 Å². The van der Waals surface area contributed by atoms with E-state index in [4.69, 9.17) is 5.11 Å². The molecule has 2 atom stereocenters. The molecule has 0 radical (unpaired) electrons. The van der Waals surface area contributed by atoms with Crippen LogP contribution in [0, 0.1) is 11.3 Å². The fraction of sp³-hybridized carbons (Fsp3) is 0.833. The third-order valence-electron chi connectivity index (χ3n) is 3.97. The van der Waals surface area contributed by atoms with Gasteiger partial charge >= 0.3 is 12.0 Å². The SMILES string of the molecule is CC(O)C(NC(=O)NCC1(C2CC2)CC1)C(=O)O. The number of carboxylic acids is 1. The first kappa shape index (κ1) is 13.1. The second-order valence-electron chi connectivity index (χ2n) is 5.52. The number of hydrogen-bond acceptors (Lipinski definition) is 3. The van der Waals surface area contributed by atoms with Crippen LogP contribution in [-0.2, 0) is 4.79 Å². The minimum absolute atomic E-state index is 0.279. The number of amides is 2. The number of nitrogens with one attached hydrogen (secondary N) is 2. The molecule has 2 amide bonds. The van der Waals surface area contributed by atoms with Crippen LogP contribution in [-0.4, -0.2) is 40.9 Å². The second-order valence-corrected chi connectivity index (χ2v) is 5.52. The summed E-state index contributed by atoms with van der Waals surface area (Å²) in [4.78, 5) is 22.4. The summed E-state index contributed by atoms with van der Waals surface area (Å²) in [5.41, 5.74) is 0.279. The van der Waals surface area contributed by atoms with Crippen LogP contribution < -0.4 is 10.6 Å². The van der Waals surface area contributed by atoms with Crippen molar-refractivity contribution in [2.75, 3.05) is 6.54 Å². The number of aliphatic hydroxyl groups is 1. The van der Waals surface area contributed by atoms with Crippen LogP contribution in [0.4, 0.5) is 4.79 Å². The van der Waals surface area contributed by atoms with E-state index < -0.39 is 24.1 Å². The molecule has 2 saturated carbocycles.